The first-order valence-electron chi connectivity index (χ1n) is 4.02. The molecule has 0 saturated heterocycles. The molecule has 0 atom stereocenters. The highest BCUT2D eigenvalue weighted by atomic mass is 16.6. The molecule has 0 aliphatic carbocycles. The maximum atomic E-state index is 10.5. The molecule has 0 heterocycles. The number of non-ortho nitro benzene ring substituents is 1. The van der Waals surface area contributed by atoms with Crippen LogP contribution >= 0.6 is 0 Å². The van der Waals surface area contributed by atoms with Crippen molar-refractivity contribution in [1.82, 2.24) is 0 Å². The van der Waals surface area contributed by atoms with Crippen molar-refractivity contribution in [2.24, 2.45) is 0 Å². The van der Waals surface area contributed by atoms with Gasteiger partial charge in [-0.2, -0.15) is 0 Å². The van der Waals surface area contributed by atoms with Gasteiger partial charge >= 0.3 is 0 Å². The highest BCUT2D eigenvalue weighted by molar-refractivity contribution is 5.75. The quantitative estimate of drug-likeness (QED) is 0.318. The zero-order chi connectivity index (χ0) is 10.6. The van der Waals surface area contributed by atoms with E-state index in [1.165, 1.54) is 18.2 Å². The van der Waals surface area contributed by atoms with E-state index in [1.807, 2.05) is 6.92 Å². The van der Waals surface area contributed by atoms with E-state index < -0.39 is 4.92 Å². The summed E-state index contributed by atoms with van der Waals surface area (Å²) in [7, 11) is 0. The van der Waals surface area contributed by atoms with Gasteiger partial charge in [0.2, 0.25) is 0 Å². The number of benzene rings is 1. The molecule has 1 aromatic rings. The first-order valence-corrected chi connectivity index (χ1v) is 4.02. The molecular formula is C10H9NO3. The lowest BCUT2D eigenvalue weighted by Crippen LogP contribution is -1.89. The highest BCUT2D eigenvalue weighted by Gasteiger charge is 2.06. The van der Waals surface area contributed by atoms with Crippen molar-refractivity contribution >= 4 is 18.0 Å². The van der Waals surface area contributed by atoms with E-state index in [4.69, 9.17) is 0 Å². The lowest BCUT2D eigenvalue weighted by molar-refractivity contribution is -0.384. The Morgan fingerprint density at radius 3 is 2.71 bits per heavy atom. The van der Waals surface area contributed by atoms with Crippen LogP contribution in [0.1, 0.15) is 11.1 Å². The number of aryl methyl sites for hydroxylation is 1. The molecule has 0 radical (unpaired) electrons. The Morgan fingerprint density at radius 2 is 2.14 bits per heavy atom. The summed E-state index contributed by atoms with van der Waals surface area (Å²) in [6.45, 7) is 1.83. The molecular weight excluding hydrogens is 182 g/mol. The number of hydrogen-bond donors (Lipinski definition) is 0. The summed E-state index contributed by atoms with van der Waals surface area (Å²) >= 11 is 0. The number of hydrogen-bond acceptors (Lipinski definition) is 3. The summed E-state index contributed by atoms with van der Waals surface area (Å²) in [4.78, 5) is 20.1. The van der Waals surface area contributed by atoms with Crippen molar-refractivity contribution in [1.29, 1.82) is 0 Å². The number of aldehydes is 1. The molecule has 0 spiro atoms. The third-order valence-electron chi connectivity index (χ3n) is 1.83. The standard InChI is InChI=1S/C10H9NO3/c1-8-4-5-10(11(13)14)7-9(8)3-2-6-12/h2-7H,1H3. The van der Waals surface area contributed by atoms with Gasteiger partial charge in [0.15, 0.2) is 0 Å². The van der Waals surface area contributed by atoms with Gasteiger partial charge in [-0.3, -0.25) is 14.9 Å². The molecule has 0 saturated carbocycles. The number of allylic oxidation sites excluding steroid dienone is 1. The number of rotatable bonds is 3. The lowest BCUT2D eigenvalue weighted by Gasteiger charge is -1.98. The minimum absolute atomic E-state index is 0.0288. The van der Waals surface area contributed by atoms with E-state index in [0.29, 0.717) is 11.8 Å². The normalized spacial score (nSPS) is 10.4. The Kier molecular flexibility index (Phi) is 3.12. The van der Waals surface area contributed by atoms with Crippen LogP contribution in [-0.4, -0.2) is 11.2 Å². The first-order chi connectivity index (χ1) is 6.65. The third-order valence-corrected chi connectivity index (χ3v) is 1.83. The molecule has 0 amide bonds. The molecule has 0 aromatic heterocycles. The number of nitrogens with zero attached hydrogens (tertiary/aromatic N) is 1. The summed E-state index contributed by atoms with van der Waals surface area (Å²) in [5.41, 5.74) is 1.61. The van der Waals surface area contributed by atoms with Crippen molar-refractivity contribution in [2.75, 3.05) is 0 Å². The van der Waals surface area contributed by atoms with E-state index >= 15 is 0 Å². The smallest absolute Gasteiger partial charge is 0.270 e. The molecule has 1 aromatic carbocycles. The van der Waals surface area contributed by atoms with Crippen LogP contribution in [0.3, 0.4) is 0 Å². The summed E-state index contributed by atoms with van der Waals surface area (Å²) in [6.07, 6.45) is 3.50. The molecule has 0 aliphatic rings. The van der Waals surface area contributed by atoms with Crippen molar-refractivity contribution in [3.8, 4) is 0 Å². The van der Waals surface area contributed by atoms with Crippen LogP contribution in [0.2, 0.25) is 0 Å². The summed E-state index contributed by atoms with van der Waals surface area (Å²) < 4.78 is 0. The van der Waals surface area contributed by atoms with Crippen LogP contribution in [0.4, 0.5) is 5.69 Å². The van der Waals surface area contributed by atoms with E-state index in [2.05, 4.69) is 0 Å². The van der Waals surface area contributed by atoms with Gasteiger partial charge in [0.1, 0.15) is 6.29 Å². The zero-order valence-electron chi connectivity index (χ0n) is 7.64. The Labute approximate surface area is 81.0 Å². The Morgan fingerprint density at radius 1 is 1.43 bits per heavy atom. The Hall–Kier alpha value is -1.97. The molecule has 72 valence electrons. The average Bonchev–Trinajstić information content (AvgIpc) is 2.16. The minimum Gasteiger partial charge on any atom is -0.299 e. The van der Waals surface area contributed by atoms with Crippen LogP contribution in [0.25, 0.3) is 6.08 Å². The average molecular weight is 191 g/mol. The number of nitro groups is 1. The van der Waals surface area contributed by atoms with Gasteiger partial charge in [-0.25, -0.2) is 0 Å². The van der Waals surface area contributed by atoms with E-state index in [0.717, 1.165) is 5.56 Å². The maximum Gasteiger partial charge on any atom is 0.270 e. The monoisotopic (exact) mass is 191 g/mol. The predicted octanol–water partition coefficient (Wildman–Crippen LogP) is 2.12. The van der Waals surface area contributed by atoms with E-state index in [1.54, 1.807) is 12.1 Å². The fourth-order valence-corrected chi connectivity index (χ4v) is 1.06. The topological polar surface area (TPSA) is 60.2 Å². The van der Waals surface area contributed by atoms with Gasteiger partial charge in [-0.05, 0) is 24.1 Å². The van der Waals surface area contributed by atoms with Crippen LogP contribution in [0.5, 0.6) is 0 Å². The first kappa shape index (κ1) is 10.1. The third kappa shape index (κ3) is 2.26. The molecule has 0 N–H and O–H groups in total. The van der Waals surface area contributed by atoms with Crippen molar-refractivity contribution in [2.45, 2.75) is 6.92 Å². The second-order valence-corrected chi connectivity index (χ2v) is 2.79. The van der Waals surface area contributed by atoms with Crippen LogP contribution < -0.4 is 0 Å². The molecule has 0 aliphatic heterocycles. The largest absolute Gasteiger partial charge is 0.299 e. The SMILES string of the molecule is Cc1ccc([N+](=O)[O-])cc1C=CC=O. The van der Waals surface area contributed by atoms with E-state index in [-0.39, 0.29) is 5.69 Å². The fourth-order valence-electron chi connectivity index (χ4n) is 1.06. The molecule has 4 nitrogen and oxygen atoms in total. The summed E-state index contributed by atoms with van der Waals surface area (Å²) in [5.74, 6) is 0. The molecule has 0 bridgehead atoms. The summed E-state index contributed by atoms with van der Waals surface area (Å²) in [6, 6.07) is 4.53. The van der Waals surface area contributed by atoms with Gasteiger partial charge < -0.3 is 0 Å². The summed E-state index contributed by atoms with van der Waals surface area (Å²) in [5, 5.41) is 10.5. The second-order valence-electron chi connectivity index (χ2n) is 2.79. The lowest BCUT2D eigenvalue weighted by atomic mass is 10.1. The van der Waals surface area contributed by atoms with Crippen LogP contribution in [-0.2, 0) is 4.79 Å². The molecule has 4 heteroatoms. The van der Waals surface area contributed by atoms with Gasteiger partial charge in [0, 0.05) is 12.1 Å². The number of nitro benzene ring substituents is 1. The van der Waals surface area contributed by atoms with Crippen LogP contribution in [0.15, 0.2) is 24.3 Å². The van der Waals surface area contributed by atoms with Gasteiger partial charge in [-0.15, -0.1) is 0 Å². The van der Waals surface area contributed by atoms with Gasteiger partial charge in [-0.1, -0.05) is 12.1 Å². The van der Waals surface area contributed by atoms with Gasteiger partial charge in [0.05, 0.1) is 4.92 Å². The maximum absolute atomic E-state index is 10.5. The fraction of sp³-hybridized carbons (Fsp3) is 0.100. The molecule has 0 unspecified atom stereocenters. The molecule has 1 rings (SSSR count). The molecule has 14 heavy (non-hydrogen) atoms. The number of carbonyl (C=O) groups is 1. The zero-order valence-corrected chi connectivity index (χ0v) is 7.64. The Bertz CT molecular complexity index is 396. The number of carbonyl (C=O) groups excluding carboxylic acids is 1. The second kappa shape index (κ2) is 4.32. The van der Waals surface area contributed by atoms with Crippen molar-refractivity contribution < 1.29 is 9.72 Å². The van der Waals surface area contributed by atoms with Crippen molar-refractivity contribution in [3.05, 3.63) is 45.5 Å². The van der Waals surface area contributed by atoms with Crippen molar-refractivity contribution in [3.63, 3.8) is 0 Å². The van der Waals surface area contributed by atoms with E-state index in [9.17, 15) is 14.9 Å². The molecule has 0 fully saturated rings. The van der Waals surface area contributed by atoms with Crippen LogP contribution in [0, 0.1) is 17.0 Å². The van der Waals surface area contributed by atoms with Gasteiger partial charge in [0.25, 0.3) is 5.69 Å². The highest BCUT2D eigenvalue weighted by Crippen LogP contribution is 2.18. The predicted molar refractivity (Wildman–Crippen MR) is 52.9 cm³/mol. The Balaban J connectivity index is 3.14. The minimum atomic E-state index is -0.461.